The number of aryl methyl sites for hydroxylation is 1. The van der Waals surface area contributed by atoms with Crippen molar-refractivity contribution >= 4 is 0 Å². The van der Waals surface area contributed by atoms with Crippen LogP contribution >= 0.6 is 0 Å². The van der Waals surface area contributed by atoms with Crippen LogP contribution in [0.4, 0.5) is 0 Å². The van der Waals surface area contributed by atoms with Crippen molar-refractivity contribution < 1.29 is 0 Å². The number of para-hydroxylation sites is 1. The van der Waals surface area contributed by atoms with Crippen molar-refractivity contribution in [1.29, 1.82) is 0 Å². The lowest BCUT2D eigenvalue weighted by atomic mass is 10.0. The molecule has 0 fully saturated rings. The molecule has 0 saturated carbocycles. The Kier molecular flexibility index (Phi) is 3.59. The smallest absolute Gasteiger partial charge is 0.0693 e. The summed E-state index contributed by atoms with van der Waals surface area (Å²) in [5, 5.41) is 7.83. The maximum atomic E-state index is 4.48. The quantitative estimate of drug-likeness (QED) is 0.873. The van der Waals surface area contributed by atoms with Crippen molar-refractivity contribution in [3.63, 3.8) is 0 Å². The molecular weight excluding hydrogens is 210 g/mol. The first-order valence-electron chi connectivity index (χ1n) is 6.05. The van der Waals surface area contributed by atoms with Crippen molar-refractivity contribution in [3.05, 3.63) is 47.8 Å². The third-order valence-electron chi connectivity index (χ3n) is 3.04. The number of nitrogens with zero attached hydrogens (tertiary/aromatic N) is 2. The van der Waals surface area contributed by atoms with Gasteiger partial charge in [0, 0.05) is 12.2 Å². The molecule has 1 N–H and O–H groups in total. The van der Waals surface area contributed by atoms with Crippen LogP contribution in [0.5, 0.6) is 0 Å². The van der Waals surface area contributed by atoms with Crippen LogP contribution < -0.4 is 5.32 Å². The Labute approximate surface area is 102 Å². The summed E-state index contributed by atoms with van der Waals surface area (Å²) in [5.41, 5.74) is 3.49. The van der Waals surface area contributed by atoms with Gasteiger partial charge in [-0.05, 0) is 38.1 Å². The van der Waals surface area contributed by atoms with Crippen LogP contribution in [-0.4, -0.2) is 16.8 Å². The SMILES string of the molecule is CCC(NC)c1ccccc1-n1ccc(C)n1. The lowest BCUT2D eigenvalue weighted by Crippen LogP contribution is -2.17. The van der Waals surface area contributed by atoms with Crippen molar-refractivity contribution in [2.75, 3.05) is 7.05 Å². The van der Waals surface area contributed by atoms with E-state index in [9.17, 15) is 0 Å². The first-order valence-corrected chi connectivity index (χ1v) is 6.05. The van der Waals surface area contributed by atoms with E-state index in [-0.39, 0.29) is 0 Å². The standard InChI is InChI=1S/C14H19N3/c1-4-13(15-3)12-7-5-6-8-14(12)17-10-9-11(2)16-17/h5-10,13,15H,4H2,1-3H3. The monoisotopic (exact) mass is 229 g/mol. The van der Waals surface area contributed by atoms with Gasteiger partial charge in [-0.15, -0.1) is 0 Å². The Bertz CT molecular complexity index is 484. The van der Waals surface area contributed by atoms with Crippen LogP contribution in [0.15, 0.2) is 36.5 Å². The zero-order valence-electron chi connectivity index (χ0n) is 10.6. The summed E-state index contributed by atoms with van der Waals surface area (Å²) in [6.45, 7) is 4.20. The minimum atomic E-state index is 0.371. The molecular formula is C14H19N3. The number of rotatable bonds is 4. The average molecular weight is 229 g/mol. The van der Waals surface area contributed by atoms with Crippen LogP contribution in [0.2, 0.25) is 0 Å². The van der Waals surface area contributed by atoms with Crippen molar-refractivity contribution in [3.8, 4) is 5.69 Å². The summed E-state index contributed by atoms with van der Waals surface area (Å²) in [6, 6.07) is 10.8. The molecule has 0 amide bonds. The van der Waals surface area contributed by atoms with Crippen LogP contribution in [0.3, 0.4) is 0 Å². The van der Waals surface area contributed by atoms with E-state index in [1.54, 1.807) is 0 Å². The molecule has 1 unspecified atom stereocenters. The highest BCUT2D eigenvalue weighted by Crippen LogP contribution is 2.23. The number of hydrogen-bond acceptors (Lipinski definition) is 2. The summed E-state index contributed by atoms with van der Waals surface area (Å²) >= 11 is 0. The molecule has 90 valence electrons. The molecule has 3 nitrogen and oxygen atoms in total. The highest BCUT2D eigenvalue weighted by atomic mass is 15.3. The number of nitrogens with one attached hydrogen (secondary N) is 1. The second kappa shape index (κ2) is 5.15. The highest BCUT2D eigenvalue weighted by Gasteiger charge is 2.12. The molecule has 3 heteroatoms. The van der Waals surface area contributed by atoms with Crippen molar-refractivity contribution in [2.45, 2.75) is 26.3 Å². The minimum Gasteiger partial charge on any atom is -0.313 e. The Hall–Kier alpha value is -1.61. The summed E-state index contributed by atoms with van der Waals surface area (Å²) in [7, 11) is 2.00. The van der Waals surface area contributed by atoms with E-state index in [0.29, 0.717) is 6.04 Å². The van der Waals surface area contributed by atoms with Gasteiger partial charge in [-0.2, -0.15) is 5.10 Å². The molecule has 0 aliphatic carbocycles. The molecule has 1 atom stereocenters. The van der Waals surface area contributed by atoms with Crippen molar-refractivity contribution in [2.24, 2.45) is 0 Å². The third kappa shape index (κ3) is 2.39. The van der Waals surface area contributed by atoms with Gasteiger partial charge >= 0.3 is 0 Å². The zero-order valence-corrected chi connectivity index (χ0v) is 10.6. The Balaban J connectivity index is 2.47. The van der Waals surface area contributed by atoms with E-state index in [4.69, 9.17) is 0 Å². The first-order chi connectivity index (χ1) is 8.26. The van der Waals surface area contributed by atoms with Gasteiger partial charge in [-0.3, -0.25) is 0 Å². The lowest BCUT2D eigenvalue weighted by Gasteiger charge is -2.18. The highest BCUT2D eigenvalue weighted by molar-refractivity contribution is 5.42. The normalized spacial score (nSPS) is 12.6. The molecule has 0 aliphatic heterocycles. The number of aromatic nitrogens is 2. The van der Waals surface area contributed by atoms with E-state index in [1.165, 1.54) is 5.56 Å². The van der Waals surface area contributed by atoms with Gasteiger partial charge in [0.2, 0.25) is 0 Å². The van der Waals surface area contributed by atoms with Crippen LogP contribution in [-0.2, 0) is 0 Å². The molecule has 1 aromatic heterocycles. The van der Waals surface area contributed by atoms with Crippen LogP contribution in [0.1, 0.15) is 30.6 Å². The van der Waals surface area contributed by atoms with Gasteiger partial charge in [0.1, 0.15) is 0 Å². The molecule has 0 radical (unpaired) electrons. The zero-order chi connectivity index (χ0) is 12.3. The second-order valence-corrected chi connectivity index (χ2v) is 4.21. The maximum Gasteiger partial charge on any atom is 0.0693 e. The summed E-state index contributed by atoms with van der Waals surface area (Å²) in [4.78, 5) is 0. The second-order valence-electron chi connectivity index (χ2n) is 4.21. The fourth-order valence-corrected chi connectivity index (χ4v) is 2.12. The van der Waals surface area contributed by atoms with Crippen LogP contribution in [0, 0.1) is 6.92 Å². The van der Waals surface area contributed by atoms with Gasteiger partial charge in [0.25, 0.3) is 0 Å². The molecule has 17 heavy (non-hydrogen) atoms. The lowest BCUT2D eigenvalue weighted by molar-refractivity contribution is 0.572. The van der Waals surface area contributed by atoms with Gasteiger partial charge in [0.05, 0.1) is 11.4 Å². The Morgan fingerprint density at radius 1 is 1.29 bits per heavy atom. The molecule has 2 aromatic rings. The van der Waals surface area contributed by atoms with E-state index in [1.807, 2.05) is 30.9 Å². The first kappa shape index (κ1) is 11.9. The van der Waals surface area contributed by atoms with E-state index in [2.05, 4.69) is 41.6 Å². The molecule has 0 spiro atoms. The van der Waals surface area contributed by atoms with Crippen molar-refractivity contribution in [1.82, 2.24) is 15.1 Å². The summed E-state index contributed by atoms with van der Waals surface area (Å²) in [5.74, 6) is 0. The average Bonchev–Trinajstić information content (AvgIpc) is 2.78. The van der Waals surface area contributed by atoms with Gasteiger partial charge in [-0.25, -0.2) is 4.68 Å². The molecule has 0 aliphatic rings. The van der Waals surface area contributed by atoms with Gasteiger partial charge < -0.3 is 5.32 Å². The largest absolute Gasteiger partial charge is 0.313 e. The Morgan fingerprint density at radius 2 is 2.06 bits per heavy atom. The number of benzene rings is 1. The molecule has 2 rings (SSSR count). The maximum absolute atomic E-state index is 4.48. The van der Waals surface area contributed by atoms with Crippen LogP contribution in [0.25, 0.3) is 5.69 Å². The molecule has 0 bridgehead atoms. The Morgan fingerprint density at radius 3 is 2.65 bits per heavy atom. The topological polar surface area (TPSA) is 29.9 Å². The van der Waals surface area contributed by atoms with E-state index < -0.39 is 0 Å². The number of hydrogen-bond donors (Lipinski definition) is 1. The third-order valence-corrected chi connectivity index (χ3v) is 3.04. The fraction of sp³-hybridized carbons (Fsp3) is 0.357. The molecule has 1 heterocycles. The summed E-state index contributed by atoms with van der Waals surface area (Å²) in [6.07, 6.45) is 3.07. The minimum absolute atomic E-state index is 0.371. The molecule has 0 saturated heterocycles. The summed E-state index contributed by atoms with van der Waals surface area (Å²) < 4.78 is 1.95. The molecule has 1 aromatic carbocycles. The van der Waals surface area contributed by atoms with E-state index in [0.717, 1.165) is 17.8 Å². The predicted octanol–water partition coefficient (Wildman–Crippen LogP) is 2.85. The van der Waals surface area contributed by atoms with Gasteiger partial charge in [0.15, 0.2) is 0 Å². The fourth-order valence-electron chi connectivity index (χ4n) is 2.12. The van der Waals surface area contributed by atoms with E-state index >= 15 is 0 Å². The van der Waals surface area contributed by atoms with Gasteiger partial charge in [-0.1, -0.05) is 25.1 Å². The predicted molar refractivity (Wildman–Crippen MR) is 70.4 cm³/mol.